The number of hydrogen-bond donors (Lipinski definition) is 0. The molecule has 2 rings (SSSR count). The van der Waals surface area contributed by atoms with Gasteiger partial charge in [-0.25, -0.2) is 9.59 Å². The number of alkyl halides is 6. The molecular weight excluding hydrogens is 478 g/mol. The highest BCUT2D eigenvalue weighted by Crippen LogP contribution is 2.57. The van der Waals surface area contributed by atoms with Gasteiger partial charge in [0.15, 0.2) is 0 Å². The number of ether oxygens (including phenoxy) is 2. The zero-order valence-electron chi connectivity index (χ0n) is 20.0. The minimum Gasteiger partial charge on any atom is -0.456 e. The fraction of sp³-hybridized carbons (Fsp3) is 0.440. The molecular formula is C25H26F6O4. The first-order chi connectivity index (χ1) is 15.7. The summed E-state index contributed by atoms with van der Waals surface area (Å²) in [6, 6.07) is 6.58. The van der Waals surface area contributed by atoms with E-state index in [1.54, 1.807) is 0 Å². The van der Waals surface area contributed by atoms with E-state index in [0.29, 0.717) is 18.2 Å². The highest BCUT2D eigenvalue weighted by atomic mass is 19.4. The molecule has 0 fully saturated rings. The molecule has 0 aromatic heterocycles. The molecule has 4 nitrogen and oxygen atoms in total. The van der Waals surface area contributed by atoms with Gasteiger partial charge in [-0.1, -0.05) is 30.3 Å². The van der Waals surface area contributed by atoms with Gasteiger partial charge >= 0.3 is 24.3 Å². The Morgan fingerprint density at radius 1 is 0.657 bits per heavy atom. The van der Waals surface area contributed by atoms with Gasteiger partial charge in [-0.15, -0.1) is 0 Å². The van der Waals surface area contributed by atoms with Crippen molar-refractivity contribution in [2.24, 2.45) is 0 Å². The lowest BCUT2D eigenvalue weighted by atomic mass is 9.71. The second kappa shape index (κ2) is 9.20. The monoisotopic (exact) mass is 504 g/mol. The second-order valence-electron chi connectivity index (χ2n) is 9.88. The number of rotatable bonds is 4. The van der Waals surface area contributed by atoms with Crippen LogP contribution in [0.2, 0.25) is 0 Å². The van der Waals surface area contributed by atoms with Crippen molar-refractivity contribution >= 4 is 11.9 Å². The Morgan fingerprint density at radius 2 is 1.14 bits per heavy atom. The largest absolute Gasteiger partial charge is 0.456 e. The summed E-state index contributed by atoms with van der Waals surface area (Å²) in [5.74, 6) is -2.45. The van der Waals surface area contributed by atoms with E-state index in [2.05, 4.69) is 0 Å². The van der Waals surface area contributed by atoms with Gasteiger partial charge in [-0.05, 0) is 70.9 Å². The van der Waals surface area contributed by atoms with E-state index < -0.39 is 63.2 Å². The molecule has 2 aromatic rings. The van der Waals surface area contributed by atoms with Crippen molar-refractivity contribution in [3.63, 3.8) is 0 Å². The van der Waals surface area contributed by atoms with Crippen molar-refractivity contribution in [1.29, 1.82) is 0 Å². The van der Waals surface area contributed by atoms with Crippen LogP contribution in [0, 0.1) is 0 Å². The first kappa shape index (κ1) is 28.2. The minimum absolute atomic E-state index is 0.487. The summed E-state index contributed by atoms with van der Waals surface area (Å²) < 4.78 is 98.0. The lowest BCUT2D eigenvalue weighted by Crippen LogP contribution is -2.55. The van der Waals surface area contributed by atoms with Gasteiger partial charge in [0.25, 0.3) is 0 Å². The molecule has 35 heavy (non-hydrogen) atoms. The van der Waals surface area contributed by atoms with Crippen LogP contribution in [0.15, 0.2) is 48.5 Å². The molecule has 0 N–H and O–H groups in total. The molecule has 192 valence electrons. The van der Waals surface area contributed by atoms with Crippen LogP contribution < -0.4 is 0 Å². The van der Waals surface area contributed by atoms with Crippen LogP contribution in [0.5, 0.6) is 0 Å². The fourth-order valence-corrected chi connectivity index (χ4v) is 3.49. The number of carbonyl (C=O) groups excluding carboxylic acids is 2. The third-order valence-corrected chi connectivity index (χ3v) is 4.73. The summed E-state index contributed by atoms with van der Waals surface area (Å²) in [4.78, 5) is 25.2. The smallest absolute Gasteiger partial charge is 0.411 e. The molecule has 0 aliphatic carbocycles. The molecule has 0 bridgehead atoms. The predicted molar refractivity (Wildman–Crippen MR) is 116 cm³/mol. The molecule has 0 spiro atoms. The van der Waals surface area contributed by atoms with Crippen molar-refractivity contribution in [2.45, 2.75) is 70.5 Å². The standard InChI is InChI=1S/C25H26F6O4/c1-21(2,3)34-19(32)15-10-9-11-16(14-15)23(24(26,27)28,25(29,30)31)18-13-8-7-12-17(18)20(33)35-22(4,5)6/h7-14H,1-6H3. The second-order valence-corrected chi connectivity index (χ2v) is 9.88. The molecule has 0 heterocycles. The number of benzene rings is 2. The average molecular weight is 504 g/mol. The summed E-state index contributed by atoms with van der Waals surface area (Å²) in [6.45, 7) is 8.79. The van der Waals surface area contributed by atoms with Crippen molar-refractivity contribution < 1.29 is 45.4 Å². The zero-order valence-corrected chi connectivity index (χ0v) is 20.0. The Balaban J connectivity index is 2.91. The van der Waals surface area contributed by atoms with E-state index in [0.717, 1.165) is 30.3 Å². The van der Waals surface area contributed by atoms with Gasteiger partial charge < -0.3 is 9.47 Å². The van der Waals surface area contributed by atoms with Crippen molar-refractivity contribution in [1.82, 2.24) is 0 Å². The minimum atomic E-state index is -5.96. The van der Waals surface area contributed by atoms with Crippen LogP contribution >= 0.6 is 0 Å². The van der Waals surface area contributed by atoms with Crippen LogP contribution in [-0.2, 0) is 14.9 Å². The zero-order chi connectivity index (χ0) is 27.0. The van der Waals surface area contributed by atoms with Crippen LogP contribution in [0.1, 0.15) is 73.4 Å². The summed E-state index contributed by atoms with van der Waals surface area (Å²) >= 11 is 0. The Hall–Kier alpha value is -3.04. The number of carbonyl (C=O) groups is 2. The number of esters is 2. The van der Waals surface area contributed by atoms with E-state index in [1.165, 1.54) is 41.5 Å². The van der Waals surface area contributed by atoms with Gasteiger partial charge in [0.1, 0.15) is 11.2 Å². The van der Waals surface area contributed by atoms with Gasteiger partial charge in [-0.2, -0.15) is 26.3 Å². The molecule has 0 amide bonds. The van der Waals surface area contributed by atoms with Crippen LogP contribution in [0.25, 0.3) is 0 Å². The molecule has 2 aromatic carbocycles. The van der Waals surface area contributed by atoms with E-state index in [-0.39, 0.29) is 0 Å². The van der Waals surface area contributed by atoms with E-state index in [4.69, 9.17) is 9.47 Å². The van der Waals surface area contributed by atoms with Gasteiger partial charge in [0, 0.05) is 0 Å². The molecule has 10 heteroatoms. The first-order valence-corrected chi connectivity index (χ1v) is 10.5. The highest BCUT2D eigenvalue weighted by molar-refractivity contribution is 5.93. The SMILES string of the molecule is CC(C)(C)OC(=O)c1cccc(C(c2ccccc2C(=O)OC(C)(C)C)(C(F)(F)F)C(F)(F)F)c1. The molecule has 0 aliphatic heterocycles. The van der Waals surface area contributed by atoms with Crippen molar-refractivity contribution in [3.8, 4) is 0 Å². The Labute approximate surface area is 199 Å². The van der Waals surface area contributed by atoms with Crippen LogP contribution in [-0.4, -0.2) is 35.5 Å². The highest BCUT2D eigenvalue weighted by Gasteiger charge is 2.73. The van der Waals surface area contributed by atoms with Crippen LogP contribution in [0.4, 0.5) is 26.3 Å². The van der Waals surface area contributed by atoms with E-state index in [9.17, 15) is 35.9 Å². The third kappa shape index (κ3) is 5.97. The maximum absolute atomic E-state index is 14.6. The lowest BCUT2D eigenvalue weighted by molar-refractivity contribution is -0.288. The van der Waals surface area contributed by atoms with Crippen LogP contribution in [0.3, 0.4) is 0 Å². The maximum atomic E-state index is 14.6. The molecule has 0 saturated carbocycles. The normalized spacial score (nSPS) is 13.4. The predicted octanol–water partition coefficient (Wildman–Crippen LogP) is 7.01. The summed E-state index contributed by atoms with van der Waals surface area (Å²) in [5, 5.41) is 0. The van der Waals surface area contributed by atoms with Crippen molar-refractivity contribution in [2.75, 3.05) is 0 Å². The molecule has 0 radical (unpaired) electrons. The number of hydrogen-bond acceptors (Lipinski definition) is 4. The van der Waals surface area contributed by atoms with Gasteiger partial charge in [-0.3, -0.25) is 0 Å². The summed E-state index contributed by atoms with van der Waals surface area (Å²) in [5.41, 5.74) is -10.9. The first-order valence-electron chi connectivity index (χ1n) is 10.5. The fourth-order valence-electron chi connectivity index (χ4n) is 3.49. The average Bonchev–Trinajstić information content (AvgIpc) is 2.64. The Kier molecular flexibility index (Phi) is 7.41. The summed E-state index contributed by atoms with van der Waals surface area (Å²) in [6.07, 6.45) is -11.9. The molecule has 0 atom stereocenters. The van der Waals surface area contributed by atoms with E-state index >= 15 is 0 Å². The number of halogens is 6. The van der Waals surface area contributed by atoms with E-state index in [1.807, 2.05) is 0 Å². The Bertz CT molecular complexity index is 1070. The summed E-state index contributed by atoms with van der Waals surface area (Å²) in [7, 11) is 0. The lowest BCUT2D eigenvalue weighted by Gasteiger charge is -2.39. The Morgan fingerprint density at radius 3 is 1.63 bits per heavy atom. The van der Waals surface area contributed by atoms with Crippen molar-refractivity contribution in [3.05, 3.63) is 70.8 Å². The quantitative estimate of drug-likeness (QED) is 0.332. The third-order valence-electron chi connectivity index (χ3n) is 4.73. The van der Waals surface area contributed by atoms with Gasteiger partial charge in [0.05, 0.1) is 11.1 Å². The molecule has 0 aliphatic rings. The topological polar surface area (TPSA) is 52.6 Å². The molecule has 0 saturated heterocycles. The van der Waals surface area contributed by atoms with Gasteiger partial charge in [0.2, 0.25) is 5.41 Å². The molecule has 0 unspecified atom stereocenters. The maximum Gasteiger partial charge on any atom is 0.411 e.